The molecule has 0 unspecified atom stereocenters. The minimum atomic E-state index is -0.458. The summed E-state index contributed by atoms with van der Waals surface area (Å²) in [6.45, 7) is 4.17. The molecule has 1 aliphatic carbocycles. The molecule has 5 nitrogen and oxygen atoms in total. The molecule has 1 aromatic heterocycles. The van der Waals surface area contributed by atoms with Crippen molar-refractivity contribution in [2.75, 3.05) is 0 Å². The Hall–Kier alpha value is -2.43. The van der Waals surface area contributed by atoms with E-state index >= 15 is 0 Å². The lowest BCUT2D eigenvalue weighted by atomic mass is 9.76. The maximum atomic E-state index is 12.2. The van der Waals surface area contributed by atoms with Crippen LogP contribution in [0, 0.1) is 5.41 Å². The van der Waals surface area contributed by atoms with E-state index in [1.807, 2.05) is 0 Å². The standard InChI is InChI=1S/C16H17N3O2/c1-16(2)7-13-12(14(20)8-16)9-18-19(13)11-5-3-10(4-6-11)15(17)21/h3-6,9H,7-8H2,1-2H3,(H2,17,21). The van der Waals surface area contributed by atoms with Crippen LogP contribution in [0.5, 0.6) is 0 Å². The fourth-order valence-corrected chi connectivity index (χ4v) is 2.81. The Morgan fingerprint density at radius 1 is 1.24 bits per heavy atom. The molecule has 0 saturated carbocycles. The number of rotatable bonds is 2. The predicted molar refractivity (Wildman–Crippen MR) is 78.5 cm³/mol. The molecule has 0 spiro atoms. The van der Waals surface area contributed by atoms with Gasteiger partial charge < -0.3 is 5.73 Å². The predicted octanol–water partition coefficient (Wildman–Crippen LogP) is 2.13. The van der Waals surface area contributed by atoms with Crippen LogP contribution in [0.15, 0.2) is 30.5 Å². The van der Waals surface area contributed by atoms with Crippen molar-refractivity contribution in [2.45, 2.75) is 26.7 Å². The molecule has 0 radical (unpaired) electrons. The molecule has 1 aliphatic rings. The van der Waals surface area contributed by atoms with Gasteiger partial charge in [-0.25, -0.2) is 4.68 Å². The first-order chi connectivity index (χ1) is 9.87. The van der Waals surface area contributed by atoms with Gasteiger partial charge in [0, 0.05) is 12.0 Å². The number of carbonyl (C=O) groups is 2. The average Bonchev–Trinajstić information content (AvgIpc) is 2.81. The van der Waals surface area contributed by atoms with Crippen LogP contribution in [0.3, 0.4) is 0 Å². The summed E-state index contributed by atoms with van der Waals surface area (Å²) in [6.07, 6.45) is 2.98. The highest BCUT2D eigenvalue weighted by molar-refractivity contribution is 5.98. The second-order valence-corrected chi connectivity index (χ2v) is 6.27. The molecule has 5 heteroatoms. The van der Waals surface area contributed by atoms with E-state index in [0.29, 0.717) is 17.5 Å². The van der Waals surface area contributed by atoms with Crippen molar-refractivity contribution in [3.05, 3.63) is 47.3 Å². The molecule has 0 saturated heterocycles. The number of aromatic nitrogens is 2. The Bertz CT molecular complexity index is 726. The lowest BCUT2D eigenvalue weighted by Crippen LogP contribution is -2.27. The lowest BCUT2D eigenvalue weighted by molar-refractivity contribution is 0.0910. The zero-order valence-corrected chi connectivity index (χ0v) is 12.1. The second-order valence-electron chi connectivity index (χ2n) is 6.27. The van der Waals surface area contributed by atoms with Crippen molar-refractivity contribution in [2.24, 2.45) is 11.1 Å². The fourth-order valence-electron chi connectivity index (χ4n) is 2.81. The van der Waals surface area contributed by atoms with E-state index in [1.165, 1.54) is 0 Å². The van der Waals surface area contributed by atoms with Gasteiger partial charge in [-0.1, -0.05) is 13.8 Å². The Balaban J connectivity index is 2.05. The molecule has 108 valence electrons. The molecule has 1 heterocycles. The number of carbonyl (C=O) groups excluding carboxylic acids is 2. The number of Topliss-reactive ketones (excluding diaryl/α,β-unsaturated/α-hetero) is 1. The van der Waals surface area contributed by atoms with Gasteiger partial charge in [0.2, 0.25) is 5.91 Å². The third-order valence-electron chi connectivity index (χ3n) is 3.85. The van der Waals surface area contributed by atoms with E-state index in [2.05, 4.69) is 18.9 Å². The van der Waals surface area contributed by atoms with Gasteiger partial charge in [0.25, 0.3) is 0 Å². The molecule has 1 aromatic carbocycles. The maximum Gasteiger partial charge on any atom is 0.248 e. The molecule has 1 amide bonds. The van der Waals surface area contributed by atoms with Gasteiger partial charge in [0.1, 0.15) is 0 Å². The molecule has 0 bridgehead atoms. The first-order valence-corrected chi connectivity index (χ1v) is 6.88. The lowest BCUT2D eigenvalue weighted by Gasteiger charge is -2.28. The fraction of sp³-hybridized carbons (Fsp3) is 0.312. The van der Waals surface area contributed by atoms with Gasteiger partial charge >= 0.3 is 0 Å². The summed E-state index contributed by atoms with van der Waals surface area (Å²) in [7, 11) is 0. The highest BCUT2D eigenvalue weighted by atomic mass is 16.1. The smallest absolute Gasteiger partial charge is 0.248 e. The van der Waals surface area contributed by atoms with E-state index in [-0.39, 0.29) is 11.2 Å². The number of hydrogen-bond acceptors (Lipinski definition) is 3. The van der Waals surface area contributed by atoms with Crippen molar-refractivity contribution in [3.8, 4) is 5.69 Å². The van der Waals surface area contributed by atoms with Crippen molar-refractivity contribution >= 4 is 11.7 Å². The van der Waals surface area contributed by atoms with Crippen LogP contribution in [-0.4, -0.2) is 21.5 Å². The van der Waals surface area contributed by atoms with Crippen LogP contribution in [0.1, 0.15) is 46.7 Å². The number of hydrogen-bond donors (Lipinski definition) is 1. The van der Waals surface area contributed by atoms with E-state index in [9.17, 15) is 9.59 Å². The Labute approximate surface area is 122 Å². The summed E-state index contributed by atoms with van der Waals surface area (Å²) in [5.41, 5.74) is 8.10. The first kappa shape index (κ1) is 13.5. The topological polar surface area (TPSA) is 78.0 Å². The van der Waals surface area contributed by atoms with Crippen LogP contribution in [0.2, 0.25) is 0 Å². The maximum absolute atomic E-state index is 12.2. The summed E-state index contributed by atoms with van der Waals surface area (Å²) in [5.74, 6) is -0.318. The Morgan fingerprint density at radius 2 is 1.90 bits per heavy atom. The minimum Gasteiger partial charge on any atom is -0.366 e. The van der Waals surface area contributed by atoms with Gasteiger partial charge in [0.05, 0.1) is 23.1 Å². The quantitative estimate of drug-likeness (QED) is 0.917. The van der Waals surface area contributed by atoms with Crippen LogP contribution >= 0.6 is 0 Å². The van der Waals surface area contributed by atoms with Gasteiger partial charge in [-0.05, 0) is 36.1 Å². The number of amides is 1. The largest absolute Gasteiger partial charge is 0.366 e. The van der Waals surface area contributed by atoms with E-state index in [1.54, 1.807) is 35.1 Å². The summed E-state index contributed by atoms with van der Waals surface area (Å²) < 4.78 is 1.78. The Morgan fingerprint density at radius 3 is 2.52 bits per heavy atom. The summed E-state index contributed by atoms with van der Waals surface area (Å²) in [6, 6.07) is 6.92. The molecule has 21 heavy (non-hydrogen) atoms. The highest BCUT2D eigenvalue weighted by Gasteiger charge is 2.33. The van der Waals surface area contributed by atoms with Gasteiger partial charge in [-0.3, -0.25) is 9.59 Å². The van der Waals surface area contributed by atoms with Crippen molar-refractivity contribution < 1.29 is 9.59 Å². The van der Waals surface area contributed by atoms with Gasteiger partial charge in [-0.15, -0.1) is 0 Å². The Kier molecular flexibility index (Phi) is 2.93. The number of nitrogens with two attached hydrogens (primary N) is 1. The molecule has 0 aliphatic heterocycles. The third-order valence-corrected chi connectivity index (χ3v) is 3.85. The van der Waals surface area contributed by atoms with Crippen molar-refractivity contribution in [1.29, 1.82) is 0 Å². The van der Waals surface area contributed by atoms with Gasteiger partial charge in [0.15, 0.2) is 5.78 Å². The van der Waals surface area contributed by atoms with E-state index in [0.717, 1.165) is 17.8 Å². The van der Waals surface area contributed by atoms with Gasteiger partial charge in [-0.2, -0.15) is 5.10 Å². The molecule has 2 aromatic rings. The SMILES string of the molecule is CC1(C)CC(=O)c2cnn(-c3ccc(C(N)=O)cc3)c2C1. The number of nitrogens with zero attached hydrogens (tertiary/aromatic N) is 2. The molecule has 0 atom stereocenters. The minimum absolute atomic E-state index is 0.0605. The average molecular weight is 283 g/mol. The monoisotopic (exact) mass is 283 g/mol. The number of primary amides is 1. The van der Waals surface area contributed by atoms with Crippen LogP contribution in [-0.2, 0) is 6.42 Å². The zero-order chi connectivity index (χ0) is 15.2. The molecular weight excluding hydrogens is 266 g/mol. The summed E-state index contributed by atoms with van der Waals surface area (Å²) in [4.78, 5) is 23.3. The van der Waals surface area contributed by atoms with Crippen LogP contribution < -0.4 is 5.73 Å². The van der Waals surface area contributed by atoms with Crippen LogP contribution in [0.25, 0.3) is 5.69 Å². The molecule has 3 rings (SSSR count). The third kappa shape index (κ3) is 2.35. The molecule has 2 N–H and O–H groups in total. The molecular formula is C16H17N3O2. The first-order valence-electron chi connectivity index (χ1n) is 6.88. The number of ketones is 1. The van der Waals surface area contributed by atoms with Crippen molar-refractivity contribution in [3.63, 3.8) is 0 Å². The molecule has 0 fully saturated rings. The normalized spacial score (nSPS) is 16.6. The highest BCUT2D eigenvalue weighted by Crippen LogP contribution is 2.35. The van der Waals surface area contributed by atoms with Crippen molar-refractivity contribution in [1.82, 2.24) is 9.78 Å². The zero-order valence-electron chi connectivity index (χ0n) is 12.1. The summed E-state index contributed by atoms with van der Waals surface area (Å²) in [5, 5.41) is 4.34. The van der Waals surface area contributed by atoms with E-state index < -0.39 is 5.91 Å². The summed E-state index contributed by atoms with van der Waals surface area (Å²) >= 11 is 0. The second kappa shape index (κ2) is 4.55. The number of benzene rings is 1. The number of fused-ring (bicyclic) bond motifs is 1. The van der Waals surface area contributed by atoms with E-state index in [4.69, 9.17) is 5.73 Å². The van der Waals surface area contributed by atoms with Crippen LogP contribution in [0.4, 0.5) is 0 Å².